The Kier molecular flexibility index (Phi) is 3.39. The number of nitrogens with zero attached hydrogens (tertiary/aromatic N) is 1. The molecule has 0 aliphatic carbocycles. The number of carbonyl (C=O) groups excluding carboxylic acids is 1. The van der Waals surface area contributed by atoms with Gasteiger partial charge in [0, 0.05) is 0 Å². The summed E-state index contributed by atoms with van der Waals surface area (Å²) >= 11 is 1.43. The van der Waals surface area contributed by atoms with Crippen molar-refractivity contribution in [2.45, 2.75) is 6.10 Å². The van der Waals surface area contributed by atoms with Gasteiger partial charge in [-0.1, -0.05) is 11.8 Å². The number of hydrogen-bond donors (Lipinski definition) is 1. The molecule has 0 aromatic carbocycles. The van der Waals surface area contributed by atoms with Crippen LogP contribution in [0, 0.1) is 0 Å². The van der Waals surface area contributed by atoms with Crippen LogP contribution in [0.2, 0.25) is 0 Å². The molecule has 0 aromatic rings. The summed E-state index contributed by atoms with van der Waals surface area (Å²) in [5, 5.41) is 3.37. The first-order valence-electron chi connectivity index (χ1n) is 4.51. The minimum atomic E-state index is 0.0227. The summed E-state index contributed by atoms with van der Waals surface area (Å²) in [7, 11) is 0. The van der Waals surface area contributed by atoms with Crippen LogP contribution in [-0.4, -0.2) is 49.3 Å². The average molecular weight is 216 g/mol. The van der Waals surface area contributed by atoms with E-state index in [1.54, 1.807) is 0 Å². The summed E-state index contributed by atoms with van der Waals surface area (Å²) in [6.45, 7) is 2.45. The van der Waals surface area contributed by atoms with Crippen molar-refractivity contribution in [3.8, 4) is 0 Å². The summed E-state index contributed by atoms with van der Waals surface area (Å²) in [4.78, 5) is 15.1. The van der Waals surface area contributed by atoms with E-state index in [1.165, 1.54) is 11.8 Å². The SMILES string of the molecule is O=C1CSC(=NCC2COCCO2)N1. The van der Waals surface area contributed by atoms with E-state index in [0.717, 1.165) is 0 Å². The first-order valence-corrected chi connectivity index (χ1v) is 5.49. The van der Waals surface area contributed by atoms with Crippen molar-refractivity contribution < 1.29 is 14.3 Å². The Hall–Kier alpha value is -0.590. The Balaban J connectivity index is 1.77. The van der Waals surface area contributed by atoms with Crippen molar-refractivity contribution in [3.63, 3.8) is 0 Å². The van der Waals surface area contributed by atoms with Crippen LogP contribution in [-0.2, 0) is 14.3 Å². The summed E-state index contributed by atoms with van der Waals surface area (Å²) < 4.78 is 10.6. The smallest absolute Gasteiger partial charge is 0.236 e. The van der Waals surface area contributed by atoms with Gasteiger partial charge in [-0.25, -0.2) is 0 Å². The topological polar surface area (TPSA) is 59.9 Å². The Morgan fingerprint density at radius 1 is 1.57 bits per heavy atom. The second-order valence-corrected chi connectivity index (χ2v) is 4.01. The third-order valence-electron chi connectivity index (χ3n) is 1.91. The summed E-state index contributed by atoms with van der Waals surface area (Å²) in [6, 6.07) is 0. The van der Waals surface area contributed by atoms with E-state index in [0.29, 0.717) is 37.3 Å². The molecule has 2 heterocycles. The van der Waals surface area contributed by atoms with Crippen molar-refractivity contribution >= 4 is 22.8 Å². The molecule has 5 nitrogen and oxygen atoms in total. The van der Waals surface area contributed by atoms with Crippen LogP contribution in [0.25, 0.3) is 0 Å². The van der Waals surface area contributed by atoms with Crippen LogP contribution in [0.1, 0.15) is 0 Å². The van der Waals surface area contributed by atoms with Gasteiger partial charge in [-0.3, -0.25) is 9.79 Å². The first-order chi connectivity index (χ1) is 6.84. The normalized spacial score (nSPS) is 30.7. The molecular weight excluding hydrogens is 204 g/mol. The molecule has 0 bridgehead atoms. The van der Waals surface area contributed by atoms with Crippen molar-refractivity contribution in [1.29, 1.82) is 0 Å². The maximum absolute atomic E-state index is 10.8. The molecule has 14 heavy (non-hydrogen) atoms. The first kappa shape index (κ1) is 9.95. The van der Waals surface area contributed by atoms with E-state index in [2.05, 4.69) is 10.3 Å². The van der Waals surface area contributed by atoms with Gasteiger partial charge in [-0.2, -0.15) is 0 Å². The van der Waals surface area contributed by atoms with Gasteiger partial charge < -0.3 is 14.8 Å². The Bertz CT molecular complexity index is 251. The molecule has 0 radical (unpaired) electrons. The van der Waals surface area contributed by atoms with Crippen molar-refractivity contribution in [1.82, 2.24) is 5.32 Å². The van der Waals surface area contributed by atoms with Gasteiger partial charge in [-0.15, -0.1) is 0 Å². The zero-order valence-electron chi connectivity index (χ0n) is 7.69. The quantitative estimate of drug-likeness (QED) is 0.683. The fourth-order valence-corrected chi connectivity index (χ4v) is 1.93. The van der Waals surface area contributed by atoms with Crippen molar-refractivity contribution in [3.05, 3.63) is 0 Å². The number of aliphatic imine (C=N–C) groups is 1. The molecule has 0 aromatic heterocycles. The zero-order chi connectivity index (χ0) is 9.80. The van der Waals surface area contributed by atoms with Gasteiger partial charge >= 0.3 is 0 Å². The molecule has 2 aliphatic heterocycles. The monoisotopic (exact) mass is 216 g/mol. The minimum Gasteiger partial charge on any atom is -0.376 e. The fraction of sp³-hybridized carbons (Fsp3) is 0.750. The van der Waals surface area contributed by atoms with Crippen molar-refractivity contribution in [2.24, 2.45) is 4.99 Å². The highest BCUT2D eigenvalue weighted by Crippen LogP contribution is 2.09. The maximum Gasteiger partial charge on any atom is 0.236 e. The molecule has 2 saturated heterocycles. The third kappa shape index (κ3) is 2.70. The molecule has 1 amide bonds. The number of nitrogens with one attached hydrogen (secondary N) is 1. The lowest BCUT2D eigenvalue weighted by Gasteiger charge is -2.21. The standard InChI is InChI=1S/C8H12N2O3S/c11-7-5-14-8(10-7)9-3-6-4-12-1-2-13-6/h6H,1-5H2,(H,9,10,11). The van der Waals surface area contributed by atoms with Crippen LogP contribution in [0.4, 0.5) is 0 Å². The second-order valence-electron chi connectivity index (χ2n) is 3.05. The summed E-state index contributed by atoms with van der Waals surface area (Å²) in [5.74, 6) is 0.496. The highest BCUT2D eigenvalue weighted by Gasteiger charge is 2.18. The second kappa shape index (κ2) is 4.77. The van der Waals surface area contributed by atoms with Crippen LogP contribution in [0.5, 0.6) is 0 Å². The zero-order valence-corrected chi connectivity index (χ0v) is 8.51. The van der Waals surface area contributed by atoms with E-state index in [9.17, 15) is 4.79 Å². The number of hydrogen-bond acceptors (Lipinski definition) is 5. The van der Waals surface area contributed by atoms with Crippen LogP contribution >= 0.6 is 11.8 Å². The molecule has 78 valence electrons. The predicted octanol–water partition coefficient (Wildman–Crippen LogP) is -0.379. The molecular formula is C8H12N2O3S. The van der Waals surface area contributed by atoms with E-state index < -0.39 is 0 Å². The lowest BCUT2D eigenvalue weighted by atomic mass is 10.3. The molecule has 6 heteroatoms. The van der Waals surface area contributed by atoms with Crippen LogP contribution in [0.3, 0.4) is 0 Å². The predicted molar refractivity (Wildman–Crippen MR) is 53.5 cm³/mol. The number of ether oxygens (including phenoxy) is 2. The average Bonchev–Trinajstić information content (AvgIpc) is 2.63. The molecule has 1 N–H and O–H groups in total. The third-order valence-corrected chi connectivity index (χ3v) is 2.82. The highest BCUT2D eigenvalue weighted by atomic mass is 32.2. The molecule has 1 unspecified atom stereocenters. The van der Waals surface area contributed by atoms with Crippen molar-refractivity contribution in [2.75, 3.05) is 32.1 Å². The number of amides is 1. The van der Waals surface area contributed by atoms with Gasteiger partial charge in [0.1, 0.15) is 6.10 Å². The lowest BCUT2D eigenvalue weighted by molar-refractivity contribution is -0.116. The van der Waals surface area contributed by atoms with Crippen LogP contribution < -0.4 is 5.32 Å². The molecule has 2 fully saturated rings. The van der Waals surface area contributed by atoms with Gasteiger partial charge in [0.15, 0.2) is 5.17 Å². The molecule has 2 rings (SSSR count). The molecule has 0 spiro atoms. The summed E-state index contributed by atoms with van der Waals surface area (Å²) in [6.07, 6.45) is 0.0364. The minimum absolute atomic E-state index is 0.0227. The molecule has 1 atom stereocenters. The molecule has 0 saturated carbocycles. The van der Waals surface area contributed by atoms with E-state index in [1.807, 2.05) is 0 Å². The molecule has 2 aliphatic rings. The highest BCUT2D eigenvalue weighted by molar-refractivity contribution is 8.15. The van der Waals surface area contributed by atoms with Gasteiger partial charge in [0.05, 0.1) is 32.1 Å². The van der Waals surface area contributed by atoms with Gasteiger partial charge in [-0.05, 0) is 0 Å². The lowest BCUT2D eigenvalue weighted by Crippen LogP contribution is -2.31. The fourth-order valence-electron chi connectivity index (χ4n) is 1.24. The maximum atomic E-state index is 10.8. The Labute approximate surface area is 86.2 Å². The Morgan fingerprint density at radius 3 is 3.14 bits per heavy atom. The number of amidine groups is 1. The van der Waals surface area contributed by atoms with E-state index in [-0.39, 0.29) is 12.0 Å². The largest absolute Gasteiger partial charge is 0.376 e. The summed E-state index contributed by atoms with van der Waals surface area (Å²) in [5.41, 5.74) is 0. The number of rotatable bonds is 2. The van der Waals surface area contributed by atoms with Crippen LogP contribution in [0.15, 0.2) is 4.99 Å². The number of thioether (sulfide) groups is 1. The van der Waals surface area contributed by atoms with E-state index in [4.69, 9.17) is 9.47 Å². The van der Waals surface area contributed by atoms with E-state index >= 15 is 0 Å². The number of carbonyl (C=O) groups is 1. The Morgan fingerprint density at radius 2 is 2.50 bits per heavy atom. The van der Waals surface area contributed by atoms with Gasteiger partial charge in [0.2, 0.25) is 5.91 Å². The van der Waals surface area contributed by atoms with Gasteiger partial charge in [0.25, 0.3) is 0 Å².